The van der Waals surface area contributed by atoms with Gasteiger partial charge in [-0.3, -0.25) is 14.9 Å². The number of hydrogen-bond acceptors (Lipinski definition) is 5. The number of nitro groups is 1. The summed E-state index contributed by atoms with van der Waals surface area (Å²) in [5.74, 6) is 0.483. The first-order valence-electron chi connectivity index (χ1n) is 7.04. The number of carbonyl (C=O) groups is 1. The molecule has 0 aliphatic heterocycles. The van der Waals surface area contributed by atoms with Crippen molar-refractivity contribution in [2.45, 2.75) is 5.75 Å². The number of halogens is 2. The first-order chi connectivity index (χ1) is 11.9. The minimum atomic E-state index is -0.515. The van der Waals surface area contributed by atoms with Crippen LogP contribution in [0.15, 0.2) is 40.9 Å². The number of methoxy groups -OCH3 is 1. The van der Waals surface area contributed by atoms with Crippen LogP contribution in [0, 0.1) is 15.9 Å². The van der Waals surface area contributed by atoms with Gasteiger partial charge < -0.3 is 10.1 Å². The molecule has 132 valence electrons. The van der Waals surface area contributed by atoms with Crippen LogP contribution in [-0.2, 0) is 10.5 Å². The molecule has 0 atom stereocenters. The monoisotopic (exact) mass is 428 g/mol. The lowest BCUT2D eigenvalue weighted by Gasteiger charge is -2.09. The van der Waals surface area contributed by atoms with Crippen LogP contribution in [0.1, 0.15) is 5.56 Å². The Labute approximate surface area is 156 Å². The van der Waals surface area contributed by atoms with Gasteiger partial charge >= 0.3 is 0 Å². The zero-order chi connectivity index (χ0) is 18.4. The van der Waals surface area contributed by atoms with E-state index in [1.54, 1.807) is 6.07 Å². The summed E-state index contributed by atoms with van der Waals surface area (Å²) in [6, 6.07) is 8.31. The number of ether oxygens (including phenoxy) is 1. The maximum absolute atomic E-state index is 13.3. The highest BCUT2D eigenvalue weighted by molar-refractivity contribution is 9.10. The second-order valence-electron chi connectivity index (χ2n) is 4.92. The Morgan fingerprint density at radius 3 is 2.76 bits per heavy atom. The predicted molar refractivity (Wildman–Crippen MR) is 98.5 cm³/mol. The Morgan fingerprint density at radius 1 is 1.36 bits per heavy atom. The summed E-state index contributed by atoms with van der Waals surface area (Å²) in [5, 5.41) is 13.4. The molecule has 0 fully saturated rings. The van der Waals surface area contributed by atoms with E-state index < -0.39 is 4.92 Å². The Morgan fingerprint density at radius 2 is 2.12 bits per heavy atom. The molecule has 1 N–H and O–H groups in total. The van der Waals surface area contributed by atoms with E-state index in [4.69, 9.17) is 4.74 Å². The number of carbonyl (C=O) groups excluding carboxylic acids is 1. The van der Waals surface area contributed by atoms with E-state index in [2.05, 4.69) is 21.2 Å². The second-order valence-corrected chi connectivity index (χ2v) is 6.76. The lowest BCUT2D eigenvalue weighted by atomic mass is 10.2. The maximum Gasteiger partial charge on any atom is 0.270 e. The van der Waals surface area contributed by atoms with Crippen molar-refractivity contribution in [2.75, 3.05) is 18.2 Å². The Kier molecular flexibility index (Phi) is 6.77. The Balaban J connectivity index is 1.91. The van der Waals surface area contributed by atoms with E-state index in [9.17, 15) is 19.3 Å². The molecule has 0 unspecified atom stereocenters. The highest BCUT2D eigenvalue weighted by atomic mass is 79.9. The van der Waals surface area contributed by atoms with Gasteiger partial charge in [-0.25, -0.2) is 4.39 Å². The molecule has 0 aromatic heterocycles. The van der Waals surface area contributed by atoms with Crippen molar-refractivity contribution < 1.29 is 18.8 Å². The summed E-state index contributed by atoms with van der Waals surface area (Å²) >= 11 is 4.50. The first kappa shape index (κ1) is 19.2. The molecule has 0 heterocycles. The van der Waals surface area contributed by atoms with Crippen LogP contribution in [-0.4, -0.2) is 23.7 Å². The van der Waals surface area contributed by atoms with Crippen molar-refractivity contribution in [2.24, 2.45) is 0 Å². The van der Waals surface area contributed by atoms with Crippen LogP contribution in [0.3, 0.4) is 0 Å². The van der Waals surface area contributed by atoms with Gasteiger partial charge in [0, 0.05) is 27.9 Å². The number of amides is 1. The van der Waals surface area contributed by atoms with Gasteiger partial charge in [0.25, 0.3) is 5.69 Å². The van der Waals surface area contributed by atoms with Crippen molar-refractivity contribution in [1.29, 1.82) is 0 Å². The van der Waals surface area contributed by atoms with Crippen molar-refractivity contribution in [3.63, 3.8) is 0 Å². The van der Waals surface area contributed by atoms with E-state index in [0.717, 1.165) is 0 Å². The van der Waals surface area contributed by atoms with Crippen molar-refractivity contribution in [1.82, 2.24) is 0 Å². The number of nitrogens with one attached hydrogen (secondary N) is 1. The summed E-state index contributed by atoms with van der Waals surface area (Å²) in [5.41, 5.74) is 1.04. The minimum absolute atomic E-state index is 0.0718. The van der Waals surface area contributed by atoms with Crippen LogP contribution in [0.5, 0.6) is 5.75 Å². The fraction of sp³-hybridized carbons (Fsp3) is 0.188. The molecule has 0 aliphatic rings. The fourth-order valence-electron chi connectivity index (χ4n) is 2.02. The average molecular weight is 429 g/mol. The highest BCUT2D eigenvalue weighted by Gasteiger charge is 2.12. The van der Waals surface area contributed by atoms with Crippen molar-refractivity contribution in [3.8, 4) is 5.75 Å². The standard InChI is InChI=1S/C16H14BrFN2O4S/c1-24-15-5-2-11(18)6-10(15)8-25-9-16(21)19-14-4-3-12(20(22)23)7-13(14)17/h2-7H,8-9H2,1H3,(H,19,21). The largest absolute Gasteiger partial charge is 0.496 e. The minimum Gasteiger partial charge on any atom is -0.496 e. The van der Waals surface area contributed by atoms with Gasteiger partial charge in [-0.15, -0.1) is 11.8 Å². The SMILES string of the molecule is COc1ccc(F)cc1CSCC(=O)Nc1ccc([N+](=O)[O-])cc1Br. The topological polar surface area (TPSA) is 81.5 Å². The smallest absolute Gasteiger partial charge is 0.270 e. The number of non-ortho nitro benzene ring substituents is 1. The van der Waals surface area contributed by atoms with Crippen LogP contribution >= 0.6 is 27.7 Å². The Bertz CT molecular complexity index is 804. The quantitative estimate of drug-likeness (QED) is 0.522. The van der Waals surface area contributed by atoms with Gasteiger partial charge in [0.15, 0.2) is 0 Å². The van der Waals surface area contributed by atoms with E-state index in [-0.39, 0.29) is 23.2 Å². The van der Waals surface area contributed by atoms with Gasteiger partial charge in [0.1, 0.15) is 11.6 Å². The van der Waals surface area contributed by atoms with Gasteiger partial charge in [-0.1, -0.05) is 0 Å². The highest BCUT2D eigenvalue weighted by Crippen LogP contribution is 2.28. The third kappa shape index (κ3) is 5.43. The van der Waals surface area contributed by atoms with Gasteiger partial charge in [0.2, 0.25) is 5.91 Å². The second kappa shape index (κ2) is 8.82. The van der Waals surface area contributed by atoms with E-state index in [1.165, 1.54) is 49.2 Å². The van der Waals surface area contributed by atoms with E-state index in [0.29, 0.717) is 27.2 Å². The third-order valence-corrected chi connectivity index (χ3v) is 4.81. The van der Waals surface area contributed by atoms with Crippen LogP contribution in [0.25, 0.3) is 0 Å². The van der Waals surface area contributed by atoms with Crippen LogP contribution < -0.4 is 10.1 Å². The van der Waals surface area contributed by atoms with Crippen molar-refractivity contribution >= 4 is 45.0 Å². The normalized spacial score (nSPS) is 10.4. The maximum atomic E-state index is 13.3. The number of nitrogens with zero attached hydrogens (tertiary/aromatic N) is 1. The molecule has 0 radical (unpaired) electrons. The first-order valence-corrected chi connectivity index (χ1v) is 8.99. The third-order valence-electron chi connectivity index (χ3n) is 3.17. The van der Waals surface area contributed by atoms with Crippen LogP contribution in [0.4, 0.5) is 15.8 Å². The molecule has 2 aromatic rings. The summed E-state index contributed by atoms with van der Waals surface area (Å²) < 4.78 is 18.9. The van der Waals surface area contributed by atoms with Crippen molar-refractivity contribution in [3.05, 3.63) is 62.4 Å². The van der Waals surface area contributed by atoms with Crippen LogP contribution in [0.2, 0.25) is 0 Å². The fourth-order valence-corrected chi connectivity index (χ4v) is 3.29. The van der Waals surface area contributed by atoms with Gasteiger partial charge in [-0.2, -0.15) is 0 Å². The molecular weight excluding hydrogens is 415 g/mol. The number of hydrogen-bond donors (Lipinski definition) is 1. The molecule has 1 amide bonds. The molecule has 6 nitrogen and oxygen atoms in total. The number of thioether (sulfide) groups is 1. The molecule has 0 saturated heterocycles. The zero-order valence-corrected chi connectivity index (χ0v) is 15.5. The molecule has 9 heteroatoms. The summed E-state index contributed by atoms with van der Waals surface area (Å²) in [6.07, 6.45) is 0. The Hall–Kier alpha value is -2.13. The molecule has 2 rings (SSSR count). The molecule has 2 aromatic carbocycles. The predicted octanol–water partition coefficient (Wildman–Crippen LogP) is 4.38. The summed E-state index contributed by atoms with van der Waals surface area (Å²) in [6.45, 7) is 0. The molecule has 0 saturated carbocycles. The van der Waals surface area contributed by atoms with E-state index in [1.807, 2.05) is 0 Å². The van der Waals surface area contributed by atoms with Gasteiger partial charge in [0.05, 0.1) is 23.5 Å². The summed E-state index contributed by atoms with van der Waals surface area (Å²) in [4.78, 5) is 22.2. The zero-order valence-electron chi connectivity index (χ0n) is 13.1. The summed E-state index contributed by atoms with van der Waals surface area (Å²) in [7, 11) is 1.50. The number of benzene rings is 2. The van der Waals surface area contributed by atoms with E-state index >= 15 is 0 Å². The molecule has 25 heavy (non-hydrogen) atoms. The lowest BCUT2D eigenvalue weighted by molar-refractivity contribution is -0.384. The molecule has 0 spiro atoms. The molecular formula is C16H14BrFN2O4S. The molecule has 0 aliphatic carbocycles. The lowest BCUT2D eigenvalue weighted by Crippen LogP contribution is -2.14. The molecule has 0 bridgehead atoms. The average Bonchev–Trinajstić information content (AvgIpc) is 2.56. The number of nitro benzene ring substituents is 1. The number of rotatable bonds is 7. The number of anilines is 1. The van der Waals surface area contributed by atoms with Gasteiger partial charge in [-0.05, 0) is 40.2 Å².